The smallest absolute Gasteiger partial charge is 0.251 e. The molecule has 1 aliphatic rings. The van der Waals surface area contributed by atoms with Crippen LogP contribution in [0.3, 0.4) is 0 Å². The molecule has 0 unspecified atom stereocenters. The highest BCUT2D eigenvalue weighted by atomic mass is 127. The predicted octanol–water partition coefficient (Wildman–Crippen LogP) is 4.00. The Kier molecular flexibility index (Phi) is 11.8. The second-order valence-electron chi connectivity index (χ2n) is 6.54. The quantitative estimate of drug-likeness (QED) is 0.226. The average molecular weight is 484 g/mol. The zero-order valence-electron chi connectivity index (χ0n) is 16.5. The largest absolute Gasteiger partial charge is 0.357 e. The normalized spacial score (nSPS) is 14.0. The Balaban J connectivity index is 0.00000364. The molecule has 1 aromatic carbocycles. The first-order valence-corrected chi connectivity index (χ1v) is 9.80. The number of benzene rings is 1. The number of amides is 1. The Bertz CT molecular complexity index is 626. The summed E-state index contributed by atoms with van der Waals surface area (Å²) in [6, 6.07) is 7.63. The molecule has 0 radical (unpaired) electrons. The molecule has 0 heterocycles. The lowest BCUT2D eigenvalue weighted by Gasteiger charge is -2.15. The number of carbonyl (C=O) groups excluding carboxylic acids is 1. The van der Waals surface area contributed by atoms with Gasteiger partial charge in [-0.25, -0.2) is 4.99 Å². The van der Waals surface area contributed by atoms with Crippen LogP contribution in [0.4, 0.5) is 0 Å². The van der Waals surface area contributed by atoms with Gasteiger partial charge < -0.3 is 16.0 Å². The van der Waals surface area contributed by atoms with E-state index >= 15 is 0 Å². The molecule has 6 heteroatoms. The maximum absolute atomic E-state index is 11.8. The molecule has 0 atom stereocenters. The van der Waals surface area contributed by atoms with E-state index in [-0.39, 0.29) is 29.9 Å². The summed E-state index contributed by atoms with van der Waals surface area (Å²) in [5.41, 5.74) is 3.34. The van der Waals surface area contributed by atoms with Gasteiger partial charge in [0, 0.05) is 25.2 Å². The number of hydrogen-bond donors (Lipinski definition) is 3. The van der Waals surface area contributed by atoms with E-state index in [0.717, 1.165) is 31.0 Å². The fraction of sp³-hybridized carbons (Fsp3) is 0.524. The van der Waals surface area contributed by atoms with E-state index in [4.69, 9.17) is 0 Å². The summed E-state index contributed by atoms with van der Waals surface area (Å²) in [6.45, 7) is 6.97. The van der Waals surface area contributed by atoms with Crippen LogP contribution in [0.15, 0.2) is 40.9 Å². The standard InChI is InChI=1S/C21H32N4O.HI/c1-3-22-20(26)19-12-10-18(11-13-19)16-25-21(23-4-2)24-15-14-17-8-6-5-7-9-17;/h8,10-13H,3-7,9,14-16H2,1-2H3,(H,22,26)(H2,23,24,25);1H. The van der Waals surface area contributed by atoms with Gasteiger partial charge in [0.2, 0.25) is 0 Å². The number of carbonyl (C=O) groups is 1. The molecule has 0 aliphatic heterocycles. The number of nitrogens with zero attached hydrogens (tertiary/aromatic N) is 1. The Hall–Kier alpha value is -1.57. The van der Waals surface area contributed by atoms with E-state index in [1.807, 2.05) is 31.2 Å². The monoisotopic (exact) mass is 484 g/mol. The van der Waals surface area contributed by atoms with Gasteiger partial charge >= 0.3 is 0 Å². The molecule has 0 bridgehead atoms. The number of hydrogen-bond acceptors (Lipinski definition) is 2. The lowest BCUT2D eigenvalue weighted by Crippen LogP contribution is -2.37. The van der Waals surface area contributed by atoms with Crippen molar-refractivity contribution in [3.63, 3.8) is 0 Å². The summed E-state index contributed by atoms with van der Waals surface area (Å²) in [4.78, 5) is 16.4. The van der Waals surface area contributed by atoms with Gasteiger partial charge in [0.15, 0.2) is 5.96 Å². The van der Waals surface area contributed by atoms with Crippen molar-refractivity contribution < 1.29 is 4.79 Å². The molecule has 27 heavy (non-hydrogen) atoms. The van der Waals surface area contributed by atoms with E-state index in [0.29, 0.717) is 18.7 Å². The molecule has 1 amide bonds. The van der Waals surface area contributed by atoms with Crippen molar-refractivity contribution in [2.24, 2.45) is 4.99 Å². The molecule has 2 rings (SSSR count). The van der Waals surface area contributed by atoms with Crippen LogP contribution < -0.4 is 16.0 Å². The highest BCUT2D eigenvalue weighted by Gasteiger charge is 2.05. The Morgan fingerprint density at radius 1 is 1.04 bits per heavy atom. The summed E-state index contributed by atoms with van der Waals surface area (Å²) >= 11 is 0. The van der Waals surface area contributed by atoms with Crippen molar-refractivity contribution >= 4 is 35.8 Å². The van der Waals surface area contributed by atoms with Crippen LogP contribution in [0.2, 0.25) is 0 Å². The number of rotatable bonds is 8. The van der Waals surface area contributed by atoms with Crippen molar-refractivity contribution in [3.05, 3.63) is 47.0 Å². The summed E-state index contributed by atoms with van der Waals surface area (Å²) in [7, 11) is 0. The summed E-state index contributed by atoms with van der Waals surface area (Å²) < 4.78 is 0. The van der Waals surface area contributed by atoms with Crippen LogP contribution >= 0.6 is 24.0 Å². The summed E-state index contributed by atoms with van der Waals surface area (Å²) in [5.74, 6) is 0.811. The van der Waals surface area contributed by atoms with Gasteiger partial charge in [-0.1, -0.05) is 23.8 Å². The van der Waals surface area contributed by atoms with Crippen molar-refractivity contribution in [1.29, 1.82) is 0 Å². The predicted molar refractivity (Wildman–Crippen MR) is 124 cm³/mol. The van der Waals surface area contributed by atoms with E-state index in [1.165, 1.54) is 25.7 Å². The molecule has 150 valence electrons. The number of allylic oxidation sites excluding steroid dienone is 1. The van der Waals surface area contributed by atoms with Crippen LogP contribution in [-0.2, 0) is 6.54 Å². The maximum atomic E-state index is 11.8. The van der Waals surface area contributed by atoms with Crippen molar-refractivity contribution in [3.8, 4) is 0 Å². The molecule has 0 fully saturated rings. The first-order valence-electron chi connectivity index (χ1n) is 9.80. The average Bonchev–Trinajstić information content (AvgIpc) is 2.67. The number of guanidine groups is 1. The molecular weight excluding hydrogens is 451 g/mol. The fourth-order valence-electron chi connectivity index (χ4n) is 3.01. The van der Waals surface area contributed by atoms with Gasteiger partial charge in [-0.2, -0.15) is 0 Å². The van der Waals surface area contributed by atoms with E-state index in [1.54, 1.807) is 5.57 Å². The topological polar surface area (TPSA) is 65.5 Å². The minimum atomic E-state index is -0.0328. The van der Waals surface area contributed by atoms with Crippen LogP contribution in [-0.4, -0.2) is 31.5 Å². The molecule has 0 spiro atoms. The Labute approximate surface area is 180 Å². The molecule has 0 saturated carbocycles. The molecule has 0 saturated heterocycles. The minimum Gasteiger partial charge on any atom is -0.357 e. The van der Waals surface area contributed by atoms with Gasteiger partial charge in [-0.05, 0) is 63.6 Å². The molecule has 1 aliphatic carbocycles. The maximum Gasteiger partial charge on any atom is 0.251 e. The molecule has 1 aromatic rings. The highest BCUT2D eigenvalue weighted by Crippen LogP contribution is 2.19. The van der Waals surface area contributed by atoms with Crippen LogP contribution in [0.1, 0.15) is 61.9 Å². The second kappa shape index (κ2) is 13.6. The SMILES string of the molecule is CCNC(=O)c1ccc(CN=C(NCC)NCCC2=CCCCC2)cc1.I. The van der Waals surface area contributed by atoms with Crippen molar-refractivity contribution in [1.82, 2.24) is 16.0 Å². The van der Waals surface area contributed by atoms with Crippen molar-refractivity contribution in [2.45, 2.75) is 52.5 Å². The zero-order chi connectivity index (χ0) is 18.6. The third-order valence-electron chi connectivity index (χ3n) is 4.44. The first kappa shape index (κ1) is 23.5. The molecule has 0 aromatic heterocycles. The first-order chi connectivity index (χ1) is 12.7. The van der Waals surface area contributed by atoms with E-state index in [9.17, 15) is 4.79 Å². The van der Waals surface area contributed by atoms with Gasteiger partial charge in [0.25, 0.3) is 5.91 Å². The number of nitrogens with one attached hydrogen (secondary N) is 3. The molecule has 5 nitrogen and oxygen atoms in total. The lowest BCUT2D eigenvalue weighted by molar-refractivity contribution is 0.0956. The molecular formula is C21H33IN4O. The Morgan fingerprint density at radius 2 is 1.78 bits per heavy atom. The van der Waals surface area contributed by atoms with Gasteiger partial charge in [0.05, 0.1) is 6.54 Å². The third-order valence-corrected chi connectivity index (χ3v) is 4.44. The van der Waals surface area contributed by atoms with Crippen LogP contribution in [0, 0.1) is 0 Å². The van der Waals surface area contributed by atoms with Crippen LogP contribution in [0.5, 0.6) is 0 Å². The lowest BCUT2D eigenvalue weighted by atomic mass is 9.97. The second-order valence-corrected chi connectivity index (χ2v) is 6.54. The van der Waals surface area contributed by atoms with Gasteiger partial charge in [0.1, 0.15) is 0 Å². The van der Waals surface area contributed by atoms with Crippen molar-refractivity contribution in [2.75, 3.05) is 19.6 Å². The minimum absolute atomic E-state index is 0. The summed E-state index contributed by atoms with van der Waals surface area (Å²) in [6.07, 6.45) is 8.62. The molecule has 3 N–H and O–H groups in total. The zero-order valence-corrected chi connectivity index (χ0v) is 18.8. The Morgan fingerprint density at radius 3 is 2.41 bits per heavy atom. The fourth-order valence-corrected chi connectivity index (χ4v) is 3.01. The van der Waals surface area contributed by atoms with Gasteiger partial charge in [-0.3, -0.25) is 4.79 Å². The van der Waals surface area contributed by atoms with E-state index < -0.39 is 0 Å². The van der Waals surface area contributed by atoms with Crippen LogP contribution in [0.25, 0.3) is 0 Å². The van der Waals surface area contributed by atoms with Gasteiger partial charge in [-0.15, -0.1) is 24.0 Å². The summed E-state index contributed by atoms with van der Waals surface area (Å²) in [5, 5.41) is 9.52. The number of aliphatic imine (C=N–C) groups is 1. The highest BCUT2D eigenvalue weighted by molar-refractivity contribution is 14.0. The third kappa shape index (κ3) is 8.77. The number of halogens is 1. The van der Waals surface area contributed by atoms with E-state index in [2.05, 4.69) is 33.9 Å².